The number of nitrogens with one attached hydrogen (secondary N) is 1. The maximum absolute atomic E-state index is 12.0. The lowest BCUT2D eigenvalue weighted by Gasteiger charge is -2.14. The Bertz CT molecular complexity index is 570. The number of ether oxygens (including phenoxy) is 1. The number of hydrogen-bond donors (Lipinski definition) is 1. The van der Waals surface area contributed by atoms with Gasteiger partial charge in [0.15, 0.2) is 0 Å². The predicted molar refractivity (Wildman–Crippen MR) is 77.5 cm³/mol. The molecular formula is C16H18N2O2. The lowest BCUT2D eigenvalue weighted by atomic mass is 10.1. The van der Waals surface area contributed by atoms with Crippen molar-refractivity contribution >= 4 is 5.91 Å². The summed E-state index contributed by atoms with van der Waals surface area (Å²) in [7, 11) is 1.62. The summed E-state index contributed by atoms with van der Waals surface area (Å²) < 4.78 is 5.15. The Balaban J connectivity index is 1.95. The molecule has 20 heavy (non-hydrogen) atoms. The summed E-state index contributed by atoms with van der Waals surface area (Å²) in [5.41, 5.74) is 1.97. The summed E-state index contributed by atoms with van der Waals surface area (Å²) in [6.07, 6.45) is 3.78. The van der Waals surface area contributed by atoms with Gasteiger partial charge in [0, 0.05) is 12.4 Å². The van der Waals surface area contributed by atoms with E-state index in [9.17, 15) is 4.79 Å². The molecule has 0 radical (unpaired) electrons. The van der Waals surface area contributed by atoms with Crippen LogP contribution in [0.2, 0.25) is 0 Å². The van der Waals surface area contributed by atoms with E-state index in [0.717, 1.165) is 16.9 Å². The number of nitrogens with zero attached hydrogens (tertiary/aromatic N) is 1. The fourth-order valence-electron chi connectivity index (χ4n) is 2.00. The van der Waals surface area contributed by atoms with Crippen molar-refractivity contribution in [3.8, 4) is 5.75 Å². The summed E-state index contributed by atoms with van der Waals surface area (Å²) in [5.74, 6) is 0.750. The molecule has 1 amide bonds. The Morgan fingerprint density at radius 2 is 2.05 bits per heavy atom. The van der Waals surface area contributed by atoms with Crippen LogP contribution in [0.25, 0.3) is 0 Å². The number of carbonyl (C=O) groups is 1. The number of aromatic nitrogens is 1. The third kappa shape index (κ3) is 3.82. The number of hydrogen-bond acceptors (Lipinski definition) is 3. The quantitative estimate of drug-likeness (QED) is 0.908. The number of benzene rings is 1. The molecule has 0 aliphatic rings. The Morgan fingerprint density at radius 3 is 2.75 bits per heavy atom. The summed E-state index contributed by atoms with van der Waals surface area (Å²) >= 11 is 0. The highest BCUT2D eigenvalue weighted by atomic mass is 16.5. The normalized spacial score (nSPS) is 11.7. The van der Waals surface area contributed by atoms with Crippen LogP contribution in [0.3, 0.4) is 0 Å². The Morgan fingerprint density at radius 1 is 1.30 bits per heavy atom. The first-order valence-electron chi connectivity index (χ1n) is 6.51. The van der Waals surface area contributed by atoms with Gasteiger partial charge >= 0.3 is 0 Å². The van der Waals surface area contributed by atoms with Crippen molar-refractivity contribution < 1.29 is 9.53 Å². The van der Waals surface area contributed by atoms with Crippen LogP contribution in [0.5, 0.6) is 5.75 Å². The average Bonchev–Trinajstić information content (AvgIpc) is 2.48. The van der Waals surface area contributed by atoms with Gasteiger partial charge in [0.1, 0.15) is 5.75 Å². The zero-order valence-corrected chi connectivity index (χ0v) is 11.7. The van der Waals surface area contributed by atoms with E-state index >= 15 is 0 Å². The molecule has 1 heterocycles. The van der Waals surface area contributed by atoms with Gasteiger partial charge in [-0.1, -0.05) is 12.1 Å². The second-order valence-corrected chi connectivity index (χ2v) is 4.60. The van der Waals surface area contributed by atoms with E-state index in [4.69, 9.17) is 4.74 Å². The van der Waals surface area contributed by atoms with Gasteiger partial charge in [0.05, 0.1) is 19.6 Å². The van der Waals surface area contributed by atoms with Gasteiger partial charge in [0.2, 0.25) is 5.91 Å². The molecular weight excluding hydrogens is 252 g/mol. The zero-order chi connectivity index (χ0) is 14.4. The minimum atomic E-state index is -0.0314. The highest BCUT2D eigenvalue weighted by Gasteiger charge is 2.10. The van der Waals surface area contributed by atoms with Crippen LogP contribution < -0.4 is 10.1 Å². The molecule has 1 atom stereocenters. The molecule has 0 aliphatic carbocycles. The van der Waals surface area contributed by atoms with Crippen molar-refractivity contribution in [3.63, 3.8) is 0 Å². The molecule has 104 valence electrons. The van der Waals surface area contributed by atoms with Gasteiger partial charge in [-0.05, 0) is 42.3 Å². The van der Waals surface area contributed by atoms with E-state index in [2.05, 4.69) is 10.3 Å². The van der Waals surface area contributed by atoms with Gasteiger partial charge < -0.3 is 10.1 Å². The van der Waals surface area contributed by atoms with E-state index in [1.54, 1.807) is 19.5 Å². The van der Waals surface area contributed by atoms with Gasteiger partial charge in [0.25, 0.3) is 0 Å². The molecule has 4 heteroatoms. The molecule has 0 saturated carbocycles. The highest BCUT2D eigenvalue weighted by Crippen LogP contribution is 2.14. The molecule has 0 spiro atoms. The molecule has 1 aromatic carbocycles. The molecule has 4 nitrogen and oxygen atoms in total. The Hall–Kier alpha value is -2.36. The third-order valence-corrected chi connectivity index (χ3v) is 3.08. The van der Waals surface area contributed by atoms with E-state index < -0.39 is 0 Å². The lowest BCUT2D eigenvalue weighted by molar-refractivity contribution is -0.121. The fourth-order valence-corrected chi connectivity index (χ4v) is 2.00. The second kappa shape index (κ2) is 6.70. The van der Waals surface area contributed by atoms with Gasteiger partial charge in [-0.15, -0.1) is 0 Å². The van der Waals surface area contributed by atoms with Crippen molar-refractivity contribution in [1.82, 2.24) is 10.3 Å². The van der Waals surface area contributed by atoms with Crippen molar-refractivity contribution in [1.29, 1.82) is 0 Å². The minimum Gasteiger partial charge on any atom is -0.497 e. The SMILES string of the molecule is COc1cccc(CC(=O)NC(C)c2ccncc2)c1. The molecule has 0 fully saturated rings. The highest BCUT2D eigenvalue weighted by molar-refractivity contribution is 5.79. The van der Waals surface area contributed by atoms with Crippen molar-refractivity contribution in [2.45, 2.75) is 19.4 Å². The monoisotopic (exact) mass is 270 g/mol. The van der Waals surface area contributed by atoms with Crippen LogP contribution in [0.4, 0.5) is 0 Å². The van der Waals surface area contributed by atoms with Crippen LogP contribution in [0.1, 0.15) is 24.1 Å². The molecule has 1 aromatic heterocycles. The second-order valence-electron chi connectivity index (χ2n) is 4.60. The summed E-state index contributed by atoms with van der Waals surface area (Å²) in [6.45, 7) is 1.96. The maximum Gasteiger partial charge on any atom is 0.224 e. The van der Waals surface area contributed by atoms with Crippen LogP contribution in [-0.2, 0) is 11.2 Å². The summed E-state index contributed by atoms with van der Waals surface area (Å²) in [5, 5.41) is 2.97. The summed E-state index contributed by atoms with van der Waals surface area (Å²) in [4.78, 5) is 16.0. The Labute approximate surface area is 118 Å². The van der Waals surface area contributed by atoms with Crippen LogP contribution >= 0.6 is 0 Å². The van der Waals surface area contributed by atoms with Gasteiger partial charge in [-0.2, -0.15) is 0 Å². The number of carbonyl (C=O) groups excluding carboxylic acids is 1. The number of pyridine rings is 1. The van der Waals surface area contributed by atoms with Crippen molar-refractivity contribution in [2.24, 2.45) is 0 Å². The molecule has 1 N–H and O–H groups in total. The molecule has 0 aliphatic heterocycles. The zero-order valence-electron chi connectivity index (χ0n) is 11.7. The molecule has 2 rings (SSSR count). The number of methoxy groups -OCH3 is 1. The molecule has 0 saturated heterocycles. The van der Waals surface area contributed by atoms with Crippen LogP contribution in [0, 0.1) is 0 Å². The van der Waals surface area contributed by atoms with E-state index in [0.29, 0.717) is 6.42 Å². The Kier molecular flexibility index (Phi) is 4.71. The van der Waals surface area contributed by atoms with E-state index in [1.165, 1.54) is 0 Å². The first-order valence-corrected chi connectivity index (χ1v) is 6.51. The first-order chi connectivity index (χ1) is 9.69. The van der Waals surface area contributed by atoms with Gasteiger partial charge in [-0.3, -0.25) is 9.78 Å². The third-order valence-electron chi connectivity index (χ3n) is 3.08. The maximum atomic E-state index is 12.0. The largest absolute Gasteiger partial charge is 0.497 e. The van der Waals surface area contributed by atoms with Crippen molar-refractivity contribution in [3.05, 3.63) is 59.9 Å². The standard InChI is InChI=1S/C16H18N2O2/c1-12(14-6-8-17-9-7-14)18-16(19)11-13-4-3-5-15(10-13)20-2/h3-10,12H,11H2,1-2H3,(H,18,19). The topological polar surface area (TPSA) is 51.2 Å². The van der Waals surface area contributed by atoms with Crippen LogP contribution in [-0.4, -0.2) is 18.0 Å². The minimum absolute atomic E-state index is 0.0115. The predicted octanol–water partition coefficient (Wildman–Crippen LogP) is 2.51. The smallest absolute Gasteiger partial charge is 0.224 e. The van der Waals surface area contributed by atoms with Crippen LogP contribution in [0.15, 0.2) is 48.8 Å². The van der Waals surface area contributed by atoms with Crippen molar-refractivity contribution in [2.75, 3.05) is 7.11 Å². The summed E-state index contributed by atoms with van der Waals surface area (Å²) in [6, 6.07) is 11.3. The first kappa shape index (κ1) is 14.1. The number of rotatable bonds is 5. The molecule has 0 bridgehead atoms. The lowest BCUT2D eigenvalue weighted by Crippen LogP contribution is -2.28. The van der Waals surface area contributed by atoms with E-state index in [-0.39, 0.29) is 11.9 Å². The van der Waals surface area contributed by atoms with Gasteiger partial charge in [-0.25, -0.2) is 0 Å². The molecule has 2 aromatic rings. The fraction of sp³-hybridized carbons (Fsp3) is 0.250. The average molecular weight is 270 g/mol. The molecule has 1 unspecified atom stereocenters. The number of amides is 1. The van der Waals surface area contributed by atoms with E-state index in [1.807, 2.05) is 43.3 Å².